The minimum Gasteiger partial charge on any atom is -0.391 e. The van der Waals surface area contributed by atoms with Crippen LogP contribution in [0.3, 0.4) is 0 Å². The van der Waals surface area contributed by atoms with E-state index in [1.165, 1.54) is 0 Å². The van der Waals surface area contributed by atoms with Gasteiger partial charge in [0, 0.05) is 13.1 Å². The van der Waals surface area contributed by atoms with Crippen molar-refractivity contribution in [2.45, 2.75) is 18.9 Å². The molecule has 1 aromatic heterocycles. The van der Waals surface area contributed by atoms with Gasteiger partial charge in [0.25, 0.3) is 0 Å². The van der Waals surface area contributed by atoms with Gasteiger partial charge >= 0.3 is 0 Å². The van der Waals surface area contributed by atoms with Crippen LogP contribution in [0.15, 0.2) is 18.3 Å². The second-order valence-corrected chi connectivity index (χ2v) is 3.76. The average molecular weight is 203 g/mol. The maximum absolute atomic E-state index is 9.53. The monoisotopic (exact) mass is 203 g/mol. The van der Waals surface area contributed by atoms with E-state index in [4.69, 9.17) is 5.26 Å². The van der Waals surface area contributed by atoms with Gasteiger partial charge in [-0.05, 0) is 25.0 Å². The Labute approximate surface area is 88.8 Å². The van der Waals surface area contributed by atoms with Gasteiger partial charge in [-0.15, -0.1) is 0 Å². The lowest BCUT2D eigenvalue weighted by molar-refractivity contribution is 0.154. The third kappa shape index (κ3) is 2.25. The van der Waals surface area contributed by atoms with Crippen molar-refractivity contribution in [3.63, 3.8) is 0 Å². The highest BCUT2D eigenvalue weighted by molar-refractivity contribution is 5.46. The molecule has 1 fully saturated rings. The van der Waals surface area contributed by atoms with Crippen molar-refractivity contribution in [3.8, 4) is 6.07 Å². The van der Waals surface area contributed by atoms with Crippen LogP contribution < -0.4 is 4.90 Å². The van der Waals surface area contributed by atoms with Gasteiger partial charge in [-0.25, -0.2) is 4.98 Å². The van der Waals surface area contributed by atoms with E-state index in [-0.39, 0.29) is 6.10 Å². The molecule has 0 saturated carbocycles. The van der Waals surface area contributed by atoms with Gasteiger partial charge in [0.15, 0.2) is 0 Å². The first kappa shape index (κ1) is 9.94. The minimum atomic E-state index is -0.241. The van der Waals surface area contributed by atoms with Gasteiger partial charge in [-0.3, -0.25) is 0 Å². The Balaban J connectivity index is 2.12. The Morgan fingerprint density at radius 2 is 2.40 bits per heavy atom. The van der Waals surface area contributed by atoms with Crippen molar-refractivity contribution in [2.24, 2.45) is 0 Å². The van der Waals surface area contributed by atoms with Crippen LogP contribution in [0.4, 0.5) is 5.69 Å². The molecule has 1 aliphatic rings. The van der Waals surface area contributed by atoms with E-state index in [1.54, 1.807) is 12.3 Å². The Kier molecular flexibility index (Phi) is 2.84. The molecule has 2 heterocycles. The third-order valence-corrected chi connectivity index (χ3v) is 2.62. The highest BCUT2D eigenvalue weighted by Gasteiger charge is 2.17. The van der Waals surface area contributed by atoms with Crippen LogP contribution in [0.1, 0.15) is 18.5 Å². The fourth-order valence-corrected chi connectivity index (χ4v) is 1.83. The second-order valence-electron chi connectivity index (χ2n) is 3.76. The molecule has 4 heteroatoms. The molecule has 15 heavy (non-hydrogen) atoms. The predicted octanol–water partition coefficient (Wildman–Crippen LogP) is 0.914. The maximum atomic E-state index is 9.53. The molecule has 0 spiro atoms. The number of nitrogens with zero attached hydrogens (tertiary/aromatic N) is 3. The molecule has 1 saturated heterocycles. The number of hydrogen-bond donors (Lipinski definition) is 1. The number of nitriles is 1. The number of aliphatic hydroxyl groups is 1. The lowest BCUT2D eigenvalue weighted by Crippen LogP contribution is -2.38. The van der Waals surface area contributed by atoms with Crippen molar-refractivity contribution < 1.29 is 5.11 Å². The van der Waals surface area contributed by atoms with E-state index >= 15 is 0 Å². The molecule has 0 aromatic carbocycles. The van der Waals surface area contributed by atoms with E-state index < -0.39 is 0 Å². The number of pyridine rings is 1. The normalized spacial score (nSPS) is 21.1. The van der Waals surface area contributed by atoms with Crippen LogP contribution in [0.25, 0.3) is 0 Å². The topological polar surface area (TPSA) is 60.2 Å². The van der Waals surface area contributed by atoms with Crippen molar-refractivity contribution >= 4 is 5.69 Å². The summed E-state index contributed by atoms with van der Waals surface area (Å²) in [6, 6.07) is 5.57. The maximum Gasteiger partial charge on any atom is 0.140 e. The molecule has 0 radical (unpaired) electrons. The van der Waals surface area contributed by atoms with E-state index in [0.29, 0.717) is 12.2 Å². The fourth-order valence-electron chi connectivity index (χ4n) is 1.83. The molecule has 0 bridgehead atoms. The van der Waals surface area contributed by atoms with Crippen molar-refractivity contribution in [1.82, 2.24) is 4.98 Å². The molecule has 78 valence electrons. The van der Waals surface area contributed by atoms with E-state index in [1.807, 2.05) is 12.1 Å². The van der Waals surface area contributed by atoms with Gasteiger partial charge in [0.1, 0.15) is 11.8 Å². The summed E-state index contributed by atoms with van der Waals surface area (Å²) in [5, 5.41) is 18.1. The van der Waals surface area contributed by atoms with E-state index in [2.05, 4.69) is 9.88 Å². The van der Waals surface area contributed by atoms with Gasteiger partial charge in [-0.2, -0.15) is 5.26 Å². The lowest BCUT2D eigenvalue weighted by Gasteiger charge is -2.31. The zero-order valence-corrected chi connectivity index (χ0v) is 8.43. The van der Waals surface area contributed by atoms with Crippen molar-refractivity contribution in [1.29, 1.82) is 5.26 Å². The summed E-state index contributed by atoms with van der Waals surface area (Å²) in [4.78, 5) is 6.11. The lowest BCUT2D eigenvalue weighted by atomic mass is 10.1. The number of β-amino-alcohol motifs (C(OH)–C–C–N with tert-alkyl or cyclic N) is 1. The quantitative estimate of drug-likeness (QED) is 0.737. The molecular weight excluding hydrogens is 190 g/mol. The molecule has 0 amide bonds. The molecule has 1 aromatic rings. The van der Waals surface area contributed by atoms with Crippen LogP contribution >= 0.6 is 0 Å². The van der Waals surface area contributed by atoms with Gasteiger partial charge in [0.2, 0.25) is 0 Å². The fraction of sp³-hybridized carbons (Fsp3) is 0.455. The second kappa shape index (κ2) is 4.28. The first-order valence-electron chi connectivity index (χ1n) is 5.09. The molecule has 2 rings (SSSR count). The van der Waals surface area contributed by atoms with Gasteiger partial charge in [0.05, 0.1) is 18.0 Å². The third-order valence-electron chi connectivity index (χ3n) is 2.62. The summed E-state index contributed by atoms with van der Waals surface area (Å²) in [5.41, 5.74) is 1.41. The van der Waals surface area contributed by atoms with Crippen LogP contribution in [0, 0.1) is 11.3 Å². The van der Waals surface area contributed by atoms with E-state index in [9.17, 15) is 5.11 Å². The van der Waals surface area contributed by atoms with Crippen LogP contribution in [-0.2, 0) is 0 Å². The predicted molar refractivity (Wildman–Crippen MR) is 56.4 cm³/mol. The number of piperidine rings is 1. The Bertz CT molecular complexity index is 368. The molecule has 1 N–H and O–H groups in total. The number of hydrogen-bond acceptors (Lipinski definition) is 4. The Morgan fingerprint density at radius 1 is 1.53 bits per heavy atom. The molecule has 4 nitrogen and oxygen atoms in total. The summed E-state index contributed by atoms with van der Waals surface area (Å²) in [7, 11) is 0. The molecule has 1 aliphatic heterocycles. The molecule has 0 aliphatic carbocycles. The van der Waals surface area contributed by atoms with Crippen LogP contribution in [-0.4, -0.2) is 29.3 Å². The number of aromatic nitrogens is 1. The summed E-state index contributed by atoms with van der Waals surface area (Å²) in [6.07, 6.45) is 3.33. The largest absolute Gasteiger partial charge is 0.391 e. The first-order valence-corrected chi connectivity index (χ1v) is 5.09. The van der Waals surface area contributed by atoms with Gasteiger partial charge in [-0.1, -0.05) is 0 Å². The number of anilines is 1. The average Bonchev–Trinajstić information content (AvgIpc) is 2.29. The Morgan fingerprint density at radius 3 is 3.00 bits per heavy atom. The summed E-state index contributed by atoms with van der Waals surface area (Å²) in [5.74, 6) is 0. The van der Waals surface area contributed by atoms with Crippen molar-refractivity contribution in [2.75, 3.05) is 18.0 Å². The van der Waals surface area contributed by atoms with Crippen LogP contribution in [0.5, 0.6) is 0 Å². The minimum absolute atomic E-state index is 0.241. The number of aliphatic hydroxyl groups excluding tert-OH is 1. The molecule has 1 atom stereocenters. The van der Waals surface area contributed by atoms with Crippen molar-refractivity contribution in [3.05, 3.63) is 24.0 Å². The zero-order chi connectivity index (χ0) is 10.7. The molecule has 0 unspecified atom stereocenters. The molecular formula is C11H13N3O. The highest BCUT2D eigenvalue weighted by atomic mass is 16.3. The van der Waals surface area contributed by atoms with E-state index in [0.717, 1.165) is 25.1 Å². The summed E-state index contributed by atoms with van der Waals surface area (Å²) in [6.45, 7) is 1.61. The summed E-state index contributed by atoms with van der Waals surface area (Å²) >= 11 is 0. The Hall–Kier alpha value is -1.60. The highest BCUT2D eigenvalue weighted by Crippen LogP contribution is 2.18. The van der Waals surface area contributed by atoms with Gasteiger partial charge < -0.3 is 10.0 Å². The summed E-state index contributed by atoms with van der Waals surface area (Å²) < 4.78 is 0. The van der Waals surface area contributed by atoms with Crippen LogP contribution in [0.2, 0.25) is 0 Å². The zero-order valence-electron chi connectivity index (χ0n) is 8.43. The first-order chi connectivity index (χ1) is 7.29. The number of rotatable bonds is 1. The smallest absolute Gasteiger partial charge is 0.140 e. The SMILES string of the molecule is N#Cc1ccc(N2CCC[C@H](O)C2)cn1. The standard InChI is InChI=1S/C11H13N3O/c12-6-9-3-4-10(7-13-9)14-5-1-2-11(15)8-14/h3-4,7,11,15H,1-2,5,8H2/t11-/m0/s1.